The minimum atomic E-state index is -0.0947. The molecule has 0 aromatic heterocycles. The van der Waals surface area contributed by atoms with Crippen LogP contribution in [0.25, 0.3) is 0 Å². The van der Waals surface area contributed by atoms with Crippen molar-refractivity contribution in [2.24, 2.45) is 11.0 Å². The zero-order chi connectivity index (χ0) is 18.8. The number of likely N-dealkylation sites (tertiary alicyclic amines) is 1. The highest BCUT2D eigenvalue weighted by Gasteiger charge is 2.41. The van der Waals surface area contributed by atoms with Crippen molar-refractivity contribution in [1.82, 2.24) is 9.91 Å². The number of Topliss-reactive ketones (excluding diaryl/α,β-unsaturated/α-hetero) is 1. The van der Waals surface area contributed by atoms with E-state index in [-0.39, 0.29) is 23.8 Å². The molecule has 27 heavy (non-hydrogen) atoms. The van der Waals surface area contributed by atoms with Crippen LogP contribution in [0.2, 0.25) is 0 Å². The van der Waals surface area contributed by atoms with Gasteiger partial charge in [-0.15, -0.1) is 0 Å². The van der Waals surface area contributed by atoms with Gasteiger partial charge in [-0.1, -0.05) is 30.3 Å². The van der Waals surface area contributed by atoms with Gasteiger partial charge in [0.1, 0.15) is 11.5 Å². The van der Waals surface area contributed by atoms with Gasteiger partial charge < -0.3 is 4.90 Å². The van der Waals surface area contributed by atoms with Crippen LogP contribution in [0.1, 0.15) is 50.5 Å². The second-order valence-electron chi connectivity index (χ2n) is 7.66. The number of rotatable bonds is 4. The molecule has 6 nitrogen and oxygen atoms in total. The van der Waals surface area contributed by atoms with Crippen LogP contribution in [0, 0.1) is 5.92 Å². The molecule has 1 aromatic carbocycles. The largest absolute Gasteiger partial charge is 0.334 e. The molecule has 0 bridgehead atoms. The SMILES string of the molecule is O=C1CCCC1C1CCCN1C(=O)C1=NN(Cc2ccccc2)C(=O)CC1. The molecule has 6 heteroatoms. The van der Waals surface area contributed by atoms with Gasteiger partial charge in [-0.25, -0.2) is 5.01 Å². The van der Waals surface area contributed by atoms with Crippen LogP contribution in [0.15, 0.2) is 35.4 Å². The smallest absolute Gasteiger partial charge is 0.270 e. The number of hydrogen-bond donors (Lipinski definition) is 0. The van der Waals surface area contributed by atoms with Crippen molar-refractivity contribution in [3.63, 3.8) is 0 Å². The number of carbonyl (C=O) groups excluding carboxylic acids is 3. The highest BCUT2D eigenvalue weighted by Crippen LogP contribution is 2.33. The van der Waals surface area contributed by atoms with E-state index in [9.17, 15) is 14.4 Å². The van der Waals surface area contributed by atoms with Crippen LogP contribution < -0.4 is 0 Å². The first kappa shape index (κ1) is 17.9. The van der Waals surface area contributed by atoms with Crippen LogP contribution in [-0.2, 0) is 20.9 Å². The number of hydrazone groups is 1. The maximum atomic E-state index is 13.1. The van der Waals surface area contributed by atoms with E-state index < -0.39 is 0 Å². The van der Waals surface area contributed by atoms with Crippen LogP contribution in [0.3, 0.4) is 0 Å². The van der Waals surface area contributed by atoms with Gasteiger partial charge in [-0.05, 0) is 31.2 Å². The molecule has 1 saturated heterocycles. The number of ketones is 1. The maximum Gasteiger partial charge on any atom is 0.270 e. The quantitative estimate of drug-likeness (QED) is 0.821. The molecular weight excluding hydrogens is 342 g/mol. The zero-order valence-corrected chi connectivity index (χ0v) is 15.5. The first-order valence-electron chi connectivity index (χ1n) is 9.89. The number of carbonyl (C=O) groups is 3. The highest BCUT2D eigenvalue weighted by molar-refractivity contribution is 6.39. The minimum absolute atomic E-state index is 0.00963. The third kappa shape index (κ3) is 3.66. The van der Waals surface area contributed by atoms with Crippen molar-refractivity contribution in [2.45, 2.75) is 57.5 Å². The van der Waals surface area contributed by atoms with Crippen molar-refractivity contribution in [3.05, 3.63) is 35.9 Å². The molecule has 142 valence electrons. The predicted molar refractivity (Wildman–Crippen MR) is 101 cm³/mol. The summed E-state index contributed by atoms with van der Waals surface area (Å²) in [6, 6.07) is 9.68. The van der Waals surface area contributed by atoms with Crippen LogP contribution in [0.4, 0.5) is 0 Å². The Morgan fingerprint density at radius 2 is 1.85 bits per heavy atom. The fraction of sp³-hybridized carbons (Fsp3) is 0.524. The van der Waals surface area contributed by atoms with Gasteiger partial charge in [0.15, 0.2) is 0 Å². The van der Waals surface area contributed by atoms with E-state index in [0.717, 1.165) is 31.2 Å². The lowest BCUT2D eigenvalue weighted by molar-refractivity contribution is -0.132. The fourth-order valence-electron chi connectivity index (χ4n) is 4.51. The molecule has 1 aromatic rings. The molecule has 3 aliphatic rings. The molecule has 2 unspecified atom stereocenters. The molecule has 0 radical (unpaired) electrons. The van der Waals surface area contributed by atoms with Crippen LogP contribution >= 0.6 is 0 Å². The van der Waals surface area contributed by atoms with Crippen LogP contribution in [-0.4, -0.2) is 45.8 Å². The maximum absolute atomic E-state index is 13.1. The molecule has 2 aliphatic heterocycles. The standard InChI is InChI=1S/C21H25N3O3/c25-19-10-4-8-16(19)18-9-5-13-23(18)21(27)17-11-12-20(26)24(22-17)14-15-6-2-1-3-7-15/h1-3,6-7,16,18H,4-5,8-14H2. The lowest BCUT2D eigenvalue weighted by atomic mass is 9.94. The molecule has 2 amide bonds. The topological polar surface area (TPSA) is 70.1 Å². The third-order valence-electron chi connectivity index (χ3n) is 5.90. The second kappa shape index (κ2) is 7.62. The molecular formula is C21H25N3O3. The molecule has 2 fully saturated rings. The van der Waals surface area contributed by atoms with Gasteiger partial charge in [-0.2, -0.15) is 5.10 Å². The lowest BCUT2D eigenvalue weighted by Gasteiger charge is -2.31. The van der Waals surface area contributed by atoms with Gasteiger partial charge in [0.25, 0.3) is 5.91 Å². The average Bonchev–Trinajstić information content (AvgIpc) is 3.32. The Morgan fingerprint density at radius 3 is 2.59 bits per heavy atom. The zero-order valence-electron chi connectivity index (χ0n) is 15.5. The Kier molecular flexibility index (Phi) is 5.05. The predicted octanol–water partition coefficient (Wildman–Crippen LogP) is 2.53. The molecule has 1 aliphatic carbocycles. The second-order valence-corrected chi connectivity index (χ2v) is 7.66. The van der Waals surface area contributed by atoms with Gasteiger partial charge in [0.05, 0.1) is 6.54 Å². The number of nitrogens with zero attached hydrogens (tertiary/aromatic N) is 3. The summed E-state index contributed by atoms with van der Waals surface area (Å²) in [5.74, 6) is 0.135. The summed E-state index contributed by atoms with van der Waals surface area (Å²) in [4.78, 5) is 39.4. The number of amides is 2. The summed E-state index contributed by atoms with van der Waals surface area (Å²) in [5.41, 5.74) is 1.43. The summed E-state index contributed by atoms with van der Waals surface area (Å²) >= 11 is 0. The Balaban J connectivity index is 1.51. The molecule has 2 heterocycles. The number of benzene rings is 1. The summed E-state index contributed by atoms with van der Waals surface area (Å²) in [6.45, 7) is 1.06. The van der Waals surface area contributed by atoms with Gasteiger partial charge in [0, 0.05) is 37.8 Å². The van der Waals surface area contributed by atoms with Crippen molar-refractivity contribution < 1.29 is 14.4 Å². The first-order valence-corrected chi connectivity index (χ1v) is 9.89. The Morgan fingerprint density at radius 1 is 1.04 bits per heavy atom. The lowest BCUT2D eigenvalue weighted by Crippen LogP contribution is -2.46. The van der Waals surface area contributed by atoms with E-state index in [1.807, 2.05) is 35.2 Å². The molecule has 0 spiro atoms. The molecule has 1 saturated carbocycles. The molecule has 0 N–H and O–H groups in total. The van der Waals surface area contributed by atoms with Crippen LogP contribution in [0.5, 0.6) is 0 Å². The average molecular weight is 367 g/mol. The summed E-state index contributed by atoms with van der Waals surface area (Å²) in [5, 5.41) is 5.82. The summed E-state index contributed by atoms with van der Waals surface area (Å²) < 4.78 is 0. The van der Waals surface area contributed by atoms with Gasteiger partial charge in [-0.3, -0.25) is 14.4 Å². The Labute approximate surface area is 159 Å². The monoisotopic (exact) mass is 367 g/mol. The van der Waals surface area contributed by atoms with E-state index in [0.29, 0.717) is 43.8 Å². The third-order valence-corrected chi connectivity index (χ3v) is 5.90. The van der Waals surface area contributed by atoms with E-state index in [1.54, 1.807) is 0 Å². The minimum Gasteiger partial charge on any atom is -0.334 e. The van der Waals surface area contributed by atoms with Crippen molar-refractivity contribution >= 4 is 23.3 Å². The van der Waals surface area contributed by atoms with Gasteiger partial charge in [0.2, 0.25) is 5.91 Å². The van der Waals surface area contributed by atoms with Crippen molar-refractivity contribution in [2.75, 3.05) is 6.54 Å². The van der Waals surface area contributed by atoms with E-state index in [4.69, 9.17) is 0 Å². The molecule has 2 atom stereocenters. The highest BCUT2D eigenvalue weighted by atomic mass is 16.2. The Bertz CT molecular complexity index is 774. The van der Waals surface area contributed by atoms with E-state index in [1.165, 1.54) is 5.01 Å². The van der Waals surface area contributed by atoms with E-state index in [2.05, 4.69) is 5.10 Å². The summed E-state index contributed by atoms with van der Waals surface area (Å²) in [6.07, 6.45) is 4.97. The number of hydrogen-bond acceptors (Lipinski definition) is 4. The fourth-order valence-corrected chi connectivity index (χ4v) is 4.51. The van der Waals surface area contributed by atoms with E-state index >= 15 is 0 Å². The van der Waals surface area contributed by atoms with Crippen molar-refractivity contribution in [1.29, 1.82) is 0 Å². The van der Waals surface area contributed by atoms with Gasteiger partial charge >= 0.3 is 0 Å². The summed E-state index contributed by atoms with van der Waals surface area (Å²) in [7, 11) is 0. The molecule has 4 rings (SSSR count). The normalized spacial score (nSPS) is 25.9. The Hall–Kier alpha value is -2.50. The first-order chi connectivity index (χ1) is 13.1. The van der Waals surface area contributed by atoms with Crippen molar-refractivity contribution in [3.8, 4) is 0 Å².